The van der Waals surface area contributed by atoms with Crippen LogP contribution in [0, 0.1) is 6.92 Å². The van der Waals surface area contributed by atoms with E-state index in [2.05, 4.69) is 0 Å². The van der Waals surface area contributed by atoms with Crippen molar-refractivity contribution >= 4 is 17.5 Å². The second-order valence-corrected chi connectivity index (χ2v) is 5.08. The minimum absolute atomic E-state index is 0.0295. The fourth-order valence-electron chi connectivity index (χ4n) is 1.98. The molecular formula is C15H22ClNO. The lowest BCUT2D eigenvalue weighted by Crippen LogP contribution is -2.23. The van der Waals surface area contributed by atoms with Crippen LogP contribution in [-0.4, -0.2) is 24.9 Å². The Morgan fingerprint density at radius 3 is 2.28 bits per heavy atom. The second kappa shape index (κ2) is 6.24. The number of carbonyl (C=O) groups excluding carboxylic acids is 1. The highest BCUT2D eigenvalue weighted by atomic mass is 35.5. The van der Waals surface area contributed by atoms with E-state index in [9.17, 15) is 4.79 Å². The molecule has 0 heterocycles. The molecule has 0 N–H and O–H groups in total. The van der Waals surface area contributed by atoms with Gasteiger partial charge in [0.1, 0.15) is 0 Å². The first-order chi connectivity index (χ1) is 8.50. The van der Waals surface area contributed by atoms with E-state index >= 15 is 0 Å². The summed E-state index contributed by atoms with van der Waals surface area (Å²) in [6, 6.07) is 3.77. The van der Waals surface area contributed by atoms with Crippen molar-refractivity contribution in [2.75, 3.05) is 14.1 Å². The third-order valence-corrected chi connectivity index (χ3v) is 3.28. The minimum Gasteiger partial charge on any atom is -0.345 e. The molecule has 0 bridgehead atoms. The zero-order chi connectivity index (χ0) is 13.9. The lowest BCUT2D eigenvalue weighted by Gasteiger charge is -2.15. The van der Waals surface area contributed by atoms with Crippen LogP contribution in [0.3, 0.4) is 0 Å². The molecule has 0 aliphatic heterocycles. The molecular weight excluding hydrogens is 246 g/mol. The predicted molar refractivity (Wildman–Crippen MR) is 77.5 cm³/mol. The predicted octanol–water partition coefficient (Wildman–Crippen LogP) is 4.25. The first-order valence-electron chi connectivity index (χ1n) is 6.52. The molecule has 1 fully saturated rings. The first kappa shape index (κ1) is 15.0. The Bertz CT molecular complexity index is 436. The van der Waals surface area contributed by atoms with E-state index in [1.807, 2.05) is 26.8 Å². The van der Waals surface area contributed by atoms with E-state index in [0.29, 0.717) is 10.9 Å². The molecule has 0 radical (unpaired) electrons. The van der Waals surface area contributed by atoms with Crippen LogP contribution in [-0.2, 0) is 0 Å². The summed E-state index contributed by atoms with van der Waals surface area (Å²) in [5, 5.41) is 0.665. The van der Waals surface area contributed by atoms with E-state index in [4.69, 9.17) is 11.6 Å². The molecule has 1 saturated carbocycles. The highest BCUT2D eigenvalue weighted by molar-refractivity contribution is 6.31. The largest absolute Gasteiger partial charge is 0.345 e. The van der Waals surface area contributed by atoms with E-state index < -0.39 is 0 Å². The van der Waals surface area contributed by atoms with Gasteiger partial charge in [0, 0.05) is 24.7 Å². The summed E-state index contributed by atoms with van der Waals surface area (Å²) in [5.41, 5.74) is 3.07. The van der Waals surface area contributed by atoms with Crippen LogP contribution in [0.25, 0.3) is 0 Å². The van der Waals surface area contributed by atoms with Crippen molar-refractivity contribution in [3.8, 4) is 0 Å². The Kier molecular flexibility index (Phi) is 5.21. The van der Waals surface area contributed by atoms with Crippen LogP contribution in [0.15, 0.2) is 12.1 Å². The van der Waals surface area contributed by atoms with Crippen LogP contribution < -0.4 is 0 Å². The van der Waals surface area contributed by atoms with Gasteiger partial charge in [-0.1, -0.05) is 25.4 Å². The summed E-state index contributed by atoms with van der Waals surface area (Å²) >= 11 is 6.07. The third kappa shape index (κ3) is 3.26. The fraction of sp³-hybridized carbons (Fsp3) is 0.533. The van der Waals surface area contributed by atoms with Gasteiger partial charge in [0.05, 0.1) is 0 Å². The molecule has 1 amide bonds. The minimum atomic E-state index is 0.0295. The molecule has 2 nitrogen and oxygen atoms in total. The van der Waals surface area contributed by atoms with Gasteiger partial charge in [-0.15, -0.1) is 0 Å². The van der Waals surface area contributed by atoms with Gasteiger partial charge in [0.2, 0.25) is 0 Å². The maximum atomic E-state index is 12.0. The smallest absolute Gasteiger partial charge is 0.253 e. The Morgan fingerprint density at radius 2 is 1.83 bits per heavy atom. The maximum absolute atomic E-state index is 12.0. The van der Waals surface area contributed by atoms with Crippen LogP contribution in [0.4, 0.5) is 0 Å². The average molecular weight is 268 g/mol. The molecule has 3 heteroatoms. The molecule has 1 aliphatic rings. The van der Waals surface area contributed by atoms with Gasteiger partial charge >= 0.3 is 0 Å². The SMILES string of the molecule is CC.Cc1c(C(=O)N(C)C)cc(Cl)cc1C1CC1. The number of nitrogens with zero attached hydrogens (tertiary/aromatic N) is 1. The zero-order valence-electron chi connectivity index (χ0n) is 11.9. The Balaban J connectivity index is 0.000000771. The zero-order valence-corrected chi connectivity index (χ0v) is 12.6. The topological polar surface area (TPSA) is 20.3 Å². The molecule has 1 aromatic rings. The van der Waals surface area contributed by atoms with E-state index in [1.54, 1.807) is 25.1 Å². The number of rotatable bonds is 2. The van der Waals surface area contributed by atoms with Crippen molar-refractivity contribution in [1.29, 1.82) is 0 Å². The maximum Gasteiger partial charge on any atom is 0.253 e. The van der Waals surface area contributed by atoms with Crippen molar-refractivity contribution in [3.63, 3.8) is 0 Å². The molecule has 0 saturated heterocycles. The number of hydrogen-bond donors (Lipinski definition) is 0. The van der Waals surface area contributed by atoms with Gasteiger partial charge < -0.3 is 4.90 Å². The Labute approximate surface area is 115 Å². The summed E-state index contributed by atoms with van der Waals surface area (Å²) in [6.45, 7) is 6.01. The standard InChI is InChI=1S/C13H16ClNO.C2H6/c1-8-11(9-4-5-9)6-10(14)7-12(8)13(16)15(2)3;1-2/h6-7,9H,4-5H2,1-3H3;1-2H3. The Morgan fingerprint density at radius 1 is 1.28 bits per heavy atom. The average Bonchev–Trinajstić information content (AvgIpc) is 3.17. The van der Waals surface area contributed by atoms with Crippen molar-refractivity contribution in [2.45, 2.75) is 39.5 Å². The molecule has 18 heavy (non-hydrogen) atoms. The normalized spacial score (nSPS) is 13.7. The van der Waals surface area contributed by atoms with Gasteiger partial charge in [-0.05, 0) is 48.9 Å². The Hall–Kier alpha value is -1.02. The third-order valence-electron chi connectivity index (χ3n) is 3.07. The summed E-state index contributed by atoms with van der Waals surface area (Å²) < 4.78 is 0. The van der Waals surface area contributed by atoms with E-state index in [1.165, 1.54) is 18.4 Å². The van der Waals surface area contributed by atoms with Gasteiger partial charge in [-0.3, -0.25) is 4.79 Å². The number of hydrogen-bond acceptors (Lipinski definition) is 1. The first-order valence-corrected chi connectivity index (χ1v) is 6.90. The second-order valence-electron chi connectivity index (χ2n) is 4.64. The van der Waals surface area contributed by atoms with Crippen LogP contribution in [0.5, 0.6) is 0 Å². The van der Waals surface area contributed by atoms with Crippen molar-refractivity contribution in [2.24, 2.45) is 0 Å². The molecule has 1 aromatic carbocycles. The molecule has 100 valence electrons. The monoisotopic (exact) mass is 267 g/mol. The lowest BCUT2D eigenvalue weighted by molar-refractivity contribution is 0.0827. The van der Waals surface area contributed by atoms with E-state index in [0.717, 1.165) is 11.1 Å². The van der Waals surface area contributed by atoms with Crippen LogP contribution in [0.2, 0.25) is 5.02 Å². The fourth-order valence-corrected chi connectivity index (χ4v) is 2.21. The van der Waals surface area contributed by atoms with Gasteiger partial charge in [-0.2, -0.15) is 0 Å². The van der Waals surface area contributed by atoms with Crippen molar-refractivity contribution in [3.05, 3.63) is 33.8 Å². The highest BCUT2D eigenvalue weighted by Crippen LogP contribution is 2.43. The molecule has 0 aromatic heterocycles. The van der Waals surface area contributed by atoms with Crippen LogP contribution >= 0.6 is 11.6 Å². The van der Waals surface area contributed by atoms with Crippen molar-refractivity contribution < 1.29 is 4.79 Å². The number of benzene rings is 1. The summed E-state index contributed by atoms with van der Waals surface area (Å²) in [5.74, 6) is 0.648. The molecule has 2 rings (SSSR count). The summed E-state index contributed by atoms with van der Waals surface area (Å²) in [6.07, 6.45) is 2.44. The molecule has 0 unspecified atom stereocenters. The molecule has 1 aliphatic carbocycles. The van der Waals surface area contributed by atoms with Gasteiger partial charge in [-0.25, -0.2) is 0 Å². The number of carbonyl (C=O) groups is 1. The lowest BCUT2D eigenvalue weighted by atomic mass is 9.98. The van der Waals surface area contributed by atoms with E-state index in [-0.39, 0.29) is 5.91 Å². The molecule has 0 atom stereocenters. The quantitative estimate of drug-likeness (QED) is 0.784. The van der Waals surface area contributed by atoms with Gasteiger partial charge in [0.25, 0.3) is 5.91 Å². The molecule has 0 spiro atoms. The number of halogens is 1. The van der Waals surface area contributed by atoms with Crippen molar-refractivity contribution in [1.82, 2.24) is 4.90 Å². The number of amides is 1. The van der Waals surface area contributed by atoms with Crippen LogP contribution in [0.1, 0.15) is 54.1 Å². The summed E-state index contributed by atoms with van der Waals surface area (Å²) in [4.78, 5) is 13.6. The van der Waals surface area contributed by atoms with Gasteiger partial charge in [0.15, 0.2) is 0 Å². The summed E-state index contributed by atoms with van der Waals surface area (Å²) in [7, 11) is 3.53. The highest BCUT2D eigenvalue weighted by Gasteiger charge is 2.27.